The molecule has 0 saturated carbocycles. The zero-order valence-corrected chi connectivity index (χ0v) is 11.6. The lowest BCUT2D eigenvalue weighted by atomic mass is 10.1. The van der Waals surface area contributed by atoms with E-state index in [0.29, 0.717) is 12.1 Å². The molecule has 1 rings (SSSR count). The molecule has 0 saturated heterocycles. The van der Waals surface area contributed by atoms with Crippen LogP contribution in [0, 0.1) is 0 Å². The van der Waals surface area contributed by atoms with Gasteiger partial charge in [0, 0.05) is 25.4 Å². The molecule has 1 amide bonds. The number of hydrogen-bond donors (Lipinski definition) is 3. The Hall–Kier alpha value is -1.55. The van der Waals surface area contributed by atoms with E-state index in [1.54, 1.807) is 0 Å². The Bertz CT molecular complexity index is 380. The van der Waals surface area contributed by atoms with Crippen LogP contribution in [0.25, 0.3) is 0 Å². The summed E-state index contributed by atoms with van der Waals surface area (Å²) in [6.45, 7) is 3.83. The SMILES string of the molecule is CCCNc1ccccc1C(=O)NCCCCCO. The molecule has 1 aromatic rings. The van der Waals surface area contributed by atoms with Gasteiger partial charge < -0.3 is 15.7 Å². The van der Waals surface area contributed by atoms with Gasteiger partial charge in [0.2, 0.25) is 0 Å². The van der Waals surface area contributed by atoms with Gasteiger partial charge in [-0.2, -0.15) is 0 Å². The van der Waals surface area contributed by atoms with Crippen molar-refractivity contribution in [2.75, 3.05) is 25.0 Å². The summed E-state index contributed by atoms with van der Waals surface area (Å²) in [6, 6.07) is 7.56. The second kappa shape index (κ2) is 9.39. The van der Waals surface area contributed by atoms with Crippen LogP contribution in [0.15, 0.2) is 24.3 Å². The Morgan fingerprint density at radius 2 is 1.95 bits per heavy atom. The van der Waals surface area contributed by atoms with Gasteiger partial charge in [-0.1, -0.05) is 19.1 Å². The van der Waals surface area contributed by atoms with Crippen LogP contribution < -0.4 is 10.6 Å². The lowest BCUT2D eigenvalue weighted by Crippen LogP contribution is -2.25. The summed E-state index contributed by atoms with van der Waals surface area (Å²) in [7, 11) is 0. The largest absolute Gasteiger partial charge is 0.396 e. The van der Waals surface area contributed by atoms with Gasteiger partial charge >= 0.3 is 0 Å². The molecule has 1 aromatic carbocycles. The Kier molecular flexibility index (Phi) is 7.66. The lowest BCUT2D eigenvalue weighted by molar-refractivity contribution is 0.0953. The van der Waals surface area contributed by atoms with Crippen LogP contribution in [-0.2, 0) is 0 Å². The monoisotopic (exact) mass is 264 g/mol. The van der Waals surface area contributed by atoms with Gasteiger partial charge in [0.1, 0.15) is 0 Å². The molecule has 0 radical (unpaired) electrons. The van der Waals surface area contributed by atoms with Crippen LogP contribution in [0.4, 0.5) is 5.69 Å². The molecule has 0 atom stereocenters. The summed E-state index contributed by atoms with van der Waals surface area (Å²) >= 11 is 0. The summed E-state index contributed by atoms with van der Waals surface area (Å²) in [4.78, 5) is 12.1. The van der Waals surface area contributed by atoms with E-state index in [9.17, 15) is 4.79 Å². The predicted molar refractivity (Wildman–Crippen MR) is 78.5 cm³/mol. The molecule has 0 aromatic heterocycles. The van der Waals surface area contributed by atoms with Gasteiger partial charge in [0.15, 0.2) is 0 Å². The van der Waals surface area contributed by atoms with E-state index in [0.717, 1.165) is 37.9 Å². The molecule has 0 unspecified atom stereocenters. The second-order valence-corrected chi connectivity index (χ2v) is 4.51. The minimum absolute atomic E-state index is 0.0387. The molecule has 0 fully saturated rings. The smallest absolute Gasteiger partial charge is 0.253 e. The highest BCUT2D eigenvalue weighted by Crippen LogP contribution is 2.14. The topological polar surface area (TPSA) is 61.4 Å². The predicted octanol–water partition coefficient (Wildman–Crippen LogP) is 2.40. The second-order valence-electron chi connectivity index (χ2n) is 4.51. The van der Waals surface area contributed by atoms with Crippen molar-refractivity contribution < 1.29 is 9.90 Å². The summed E-state index contributed by atoms with van der Waals surface area (Å²) in [5.74, 6) is -0.0387. The Labute approximate surface area is 115 Å². The molecule has 106 valence electrons. The maximum atomic E-state index is 12.1. The first-order chi connectivity index (χ1) is 9.29. The van der Waals surface area contributed by atoms with Crippen molar-refractivity contribution in [2.45, 2.75) is 32.6 Å². The number of nitrogens with one attached hydrogen (secondary N) is 2. The molecule has 0 aliphatic heterocycles. The number of amides is 1. The first-order valence-corrected chi connectivity index (χ1v) is 7.01. The van der Waals surface area contributed by atoms with Crippen LogP contribution in [-0.4, -0.2) is 30.7 Å². The van der Waals surface area contributed by atoms with E-state index in [2.05, 4.69) is 17.6 Å². The molecular weight excluding hydrogens is 240 g/mol. The Balaban J connectivity index is 2.46. The van der Waals surface area contributed by atoms with E-state index < -0.39 is 0 Å². The third-order valence-electron chi connectivity index (χ3n) is 2.86. The van der Waals surface area contributed by atoms with E-state index in [1.807, 2.05) is 24.3 Å². The standard InChI is InChI=1S/C15H24N2O2/c1-2-10-16-14-9-5-4-8-13(14)15(19)17-11-6-3-7-12-18/h4-5,8-9,16,18H,2-3,6-7,10-12H2,1H3,(H,17,19). The molecule has 0 aliphatic carbocycles. The van der Waals surface area contributed by atoms with Crippen LogP contribution >= 0.6 is 0 Å². The molecule has 0 spiro atoms. The number of rotatable bonds is 9. The summed E-state index contributed by atoms with van der Waals surface area (Å²) in [5, 5.41) is 14.9. The van der Waals surface area contributed by atoms with E-state index in [1.165, 1.54) is 0 Å². The summed E-state index contributed by atoms with van der Waals surface area (Å²) < 4.78 is 0. The fourth-order valence-corrected chi connectivity index (χ4v) is 1.81. The maximum Gasteiger partial charge on any atom is 0.253 e. The minimum atomic E-state index is -0.0387. The van der Waals surface area contributed by atoms with Crippen LogP contribution in [0.1, 0.15) is 43.0 Å². The van der Waals surface area contributed by atoms with Gasteiger partial charge in [0.05, 0.1) is 5.56 Å². The average molecular weight is 264 g/mol. The first kappa shape index (κ1) is 15.5. The molecule has 0 aliphatic rings. The lowest BCUT2D eigenvalue weighted by Gasteiger charge is -2.11. The summed E-state index contributed by atoms with van der Waals surface area (Å²) in [5.41, 5.74) is 1.58. The number of unbranched alkanes of at least 4 members (excludes halogenated alkanes) is 2. The third-order valence-corrected chi connectivity index (χ3v) is 2.86. The van der Waals surface area contributed by atoms with Gasteiger partial charge in [-0.15, -0.1) is 0 Å². The number of aliphatic hydroxyl groups is 1. The molecule has 0 heterocycles. The molecular formula is C15H24N2O2. The normalized spacial score (nSPS) is 10.2. The molecule has 3 N–H and O–H groups in total. The van der Waals surface area contributed by atoms with Gasteiger partial charge in [0.25, 0.3) is 5.91 Å². The highest BCUT2D eigenvalue weighted by atomic mass is 16.2. The first-order valence-electron chi connectivity index (χ1n) is 7.01. The zero-order valence-electron chi connectivity index (χ0n) is 11.6. The highest BCUT2D eigenvalue weighted by Gasteiger charge is 2.09. The van der Waals surface area contributed by atoms with Gasteiger partial charge in [-0.3, -0.25) is 4.79 Å². The molecule has 4 nitrogen and oxygen atoms in total. The fraction of sp³-hybridized carbons (Fsp3) is 0.533. The van der Waals surface area contributed by atoms with Crippen molar-refractivity contribution in [2.24, 2.45) is 0 Å². The van der Waals surface area contributed by atoms with Crippen LogP contribution in [0.5, 0.6) is 0 Å². The van der Waals surface area contributed by atoms with Crippen molar-refractivity contribution in [1.82, 2.24) is 5.32 Å². The number of hydrogen-bond acceptors (Lipinski definition) is 3. The van der Waals surface area contributed by atoms with Crippen molar-refractivity contribution >= 4 is 11.6 Å². The third kappa shape index (κ3) is 5.75. The van der Waals surface area contributed by atoms with Crippen LogP contribution in [0.3, 0.4) is 0 Å². The van der Waals surface area contributed by atoms with Crippen molar-refractivity contribution in [1.29, 1.82) is 0 Å². The average Bonchev–Trinajstić information content (AvgIpc) is 2.45. The summed E-state index contributed by atoms with van der Waals surface area (Å²) in [6.07, 6.45) is 3.66. The maximum absolute atomic E-state index is 12.1. The number of anilines is 1. The molecule has 19 heavy (non-hydrogen) atoms. The number of para-hydroxylation sites is 1. The number of carbonyl (C=O) groups is 1. The highest BCUT2D eigenvalue weighted by molar-refractivity contribution is 5.99. The van der Waals surface area contributed by atoms with Crippen molar-refractivity contribution in [3.05, 3.63) is 29.8 Å². The Morgan fingerprint density at radius 1 is 1.16 bits per heavy atom. The number of aliphatic hydroxyl groups excluding tert-OH is 1. The fourth-order valence-electron chi connectivity index (χ4n) is 1.81. The number of carbonyl (C=O) groups excluding carboxylic acids is 1. The molecule has 4 heteroatoms. The quantitative estimate of drug-likeness (QED) is 0.600. The van der Waals surface area contributed by atoms with Gasteiger partial charge in [-0.25, -0.2) is 0 Å². The van der Waals surface area contributed by atoms with E-state index in [-0.39, 0.29) is 12.5 Å². The minimum Gasteiger partial charge on any atom is -0.396 e. The van der Waals surface area contributed by atoms with Crippen molar-refractivity contribution in [3.8, 4) is 0 Å². The van der Waals surface area contributed by atoms with Crippen molar-refractivity contribution in [3.63, 3.8) is 0 Å². The Morgan fingerprint density at radius 3 is 2.68 bits per heavy atom. The van der Waals surface area contributed by atoms with Crippen LogP contribution in [0.2, 0.25) is 0 Å². The molecule has 0 bridgehead atoms. The number of benzene rings is 1. The van der Waals surface area contributed by atoms with Gasteiger partial charge in [-0.05, 0) is 37.8 Å². The van der Waals surface area contributed by atoms with E-state index in [4.69, 9.17) is 5.11 Å². The zero-order chi connectivity index (χ0) is 13.9. The van der Waals surface area contributed by atoms with E-state index >= 15 is 0 Å².